The Labute approximate surface area is 91.3 Å². The van der Waals surface area contributed by atoms with Gasteiger partial charge in [-0.25, -0.2) is 0 Å². The summed E-state index contributed by atoms with van der Waals surface area (Å²) in [6.07, 6.45) is 1.25. The molecule has 2 atom stereocenters. The topological polar surface area (TPSA) is 0 Å². The molecule has 1 fully saturated rings. The number of hydrogen-bond donors (Lipinski definition) is 0. The molecule has 0 radical (unpaired) electrons. The van der Waals surface area contributed by atoms with Gasteiger partial charge in [0.25, 0.3) is 0 Å². The molecule has 1 heteroatoms. The van der Waals surface area contributed by atoms with Crippen LogP contribution in [0.4, 0.5) is 0 Å². The molecular formula is C13H17Cl. The van der Waals surface area contributed by atoms with Gasteiger partial charge in [0.1, 0.15) is 0 Å². The van der Waals surface area contributed by atoms with E-state index in [0.717, 1.165) is 5.88 Å². The molecule has 0 heterocycles. The zero-order valence-corrected chi connectivity index (χ0v) is 9.86. The van der Waals surface area contributed by atoms with Gasteiger partial charge in [0, 0.05) is 5.88 Å². The van der Waals surface area contributed by atoms with Gasteiger partial charge in [0.15, 0.2) is 0 Å². The minimum Gasteiger partial charge on any atom is -0.126 e. The number of aryl methyl sites for hydroxylation is 2. The van der Waals surface area contributed by atoms with Crippen molar-refractivity contribution in [2.75, 3.05) is 5.88 Å². The summed E-state index contributed by atoms with van der Waals surface area (Å²) in [4.78, 5) is 0. The molecule has 1 aromatic rings. The molecule has 1 aromatic carbocycles. The fourth-order valence-corrected chi connectivity index (χ4v) is 2.58. The lowest BCUT2D eigenvalue weighted by molar-refractivity contribution is 0.704. The summed E-state index contributed by atoms with van der Waals surface area (Å²) in [5.74, 6) is 1.48. The van der Waals surface area contributed by atoms with E-state index >= 15 is 0 Å². The molecule has 1 aliphatic rings. The summed E-state index contributed by atoms with van der Waals surface area (Å²) in [5.41, 5.74) is 4.59. The monoisotopic (exact) mass is 208 g/mol. The van der Waals surface area contributed by atoms with E-state index in [0.29, 0.717) is 11.3 Å². The van der Waals surface area contributed by atoms with Gasteiger partial charge in [0.2, 0.25) is 0 Å². The van der Waals surface area contributed by atoms with Crippen molar-refractivity contribution >= 4 is 11.6 Å². The lowest BCUT2D eigenvalue weighted by Crippen LogP contribution is -2.05. The van der Waals surface area contributed by atoms with E-state index in [2.05, 4.69) is 39.0 Å². The summed E-state index contributed by atoms with van der Waals surface area (Å²) in [5, 5.41) is 0. The summed E-state index contributed by atoms with van der Waals surface area (Å²) < 4.78 is 0. The molecule has 14 heavy (non-hydrogen) atoms. The Balaban J connectivity index is 2.31. The van der Waals surface area contributed by atoms with Gasteiger partial charge in [-0.2, -0.15) is 0 Å². The van der Waals surface area contributed by atoms with Crippen molar-refractivity contribution in [1.29, 1.82) is 0 Å². The molecule has 0 saturated heterocycles. The second-order valence-electron chi connectivity index (χ2n) is 4.77. The second-order valence-corrected chi connectivity index (χ2v) is 5.08. The van der Waals surface area contributed by atoms with Gasteiger partial charge >= 0.3 is 0 Å². The van der Waals surface area contributed by atoms with E-state index in [-0.39, 0.29) is 0 Å². The van der Waals surface area contributed by atoms with E-state index in [1.807, 2.05) is 0 Å². The summed E-state index contributed by atoms with van der Waals surface area (Å²) in [6.45, 7) is 6.66. The van der Waals surface area contributed by atoms with Gasteiger partial charge in [0.05, 0.1) is 0 Å². The van der Waals surface area contributed by atoms with Crippen LogP contribution in [0.25, 0.3) is 0 Å². The standard InChI is InChI=1S/C13H17Cl/c1-9-4-5-11(6-10(9)2)13(3)7-12(13)8-14/h4-6,12H,7-8H2,1-3H3. The van der Waals surface area contributed by atoms with E-state index < -0.39 is 0 Å². The molecule has 76 valence electrons. The fourth-order valence-electron chi connectivity index (χ4n) is 2.13. The molecule has 0 aliphatic heterocycles. The third-order valence-electron chi connectivity index (χ3n) is 3.76. The minimum absolute atomic E-state index is 0.361. The predicted octanol–water partition coefficient (Wildman–Crippen LogP) is 3.82. The van der Waals surface area contributed by atoms with Crippen LogP contribution in [0.5, 0.6) is 0 Å². The Morgan fingerprint density at radius 1 is 1.36 bits per heavy atom. The molecule has 1 saturated carbocycles. The highest BCUT2D eigenvalue weighted by atomic mass is 35.5. The first kappa shape index (κ1) is 10.0. The van der Waals surface area contributed by atoms with Crippen molar-refractivity contribution in [1.82, 2.24) is 0 Å². The maximum absolute atomic E-state index is 5.90. The van der Waals surface area contributed by atoms with Crippen molar-refractivity contribution in [2.24, 2.45) is 5.92 Å². The number of halogens is 1. The Morgan fingerprint density at radius 3 is 2.57 bits per heavy atom. The van der Waals surface area contributed by atoms with Gasteiger partial charge < -0.3 is 0 Å². The van der Waals surface area contributed by atoms with Crippen molar-refractivity contribution < 1.29 is 0 Å². The highest BCUT2D eigenvalue weighted by molar-refractivity contribution is 6.18. The quantitative estimate of drug-likeness (QED) is 0.649. The molecule has 2 unspecified atom stereocenters. The fraction of sp³-hybridized carbons (Fsp3) is 0.538. The van der Waals surface area contributed by atoms with Crippen LogP contribution in [0.3, 0.4) is 0 Å². The average molecular weight is 209 g/mol. The molecular weight excluding hydrogens is 192 g/mol. The predicted molar refractivity (Wildman–Crippen MR) is 62.1 cm³/mol. The molecule has 0 bridgehead atoms. The SMILES string of the molecule is Cc1ccc(C2(C)CC2CCl)cc1C. The molecule has 2 rings (SSSR count). The smallest absolute Gasteiger partial charge is 0.0260 e. The molecule has 0 N–H and O–H groups in total. The van der Waals surface area contributed by atoms with Crippen LogP contribution in [-0.4, -0.2) is 5.88 Å². The van der Waals surface area contributed by atoms with Crippen LogP contribution in [-0.2, 0) is 5.41 Å². The Morgan fingerprint density at radius 2 is 2.07 bits per heavy atom. The van der Waals surface area contributed by atoms with Gasteiger partial charge in [-0.3, -0.25) is 0 Å². The first-order chi connectivity index (χ1) is 6.58. The zero-order valence-electron chi connectivity index (χ0n) is 9.10. The normalized spacial score (nSPS) is 30.4. The lowest BCUT2D eigenvalue weighted by atomic mass is 9.93. The molecule has 1 aliphatic carbocycles. The van der Waals surface area contributed by atoms with E-state index in [4.69, 9.17) is 11.6 Å². The maximum atomic E-state index is 5.90. The molecule has 0 amide bonds. The average Bonchev–Trinajstić information content (AvgIpc) is 2.83. The largest absolute Gasteiger partial charge is 0.126 e. The Bertz CT molecular complexity index is 356. The number of hydrogen-bond acceptors (Lipinski definition) is 0. The first-order valence-corrected chi connectivity index (χ1v) is 5.75. The van der Waals surface area contributed by atoms with Crippen molar-refractivity contribution in [2.45, 2.75) is 32.6 Å². The van der Waals surface area contributed by atoms with E-state index in [1.165, 1.54) is 23.1 Å². The van der Waals surface area contributed by atoms with Crippen LogP contribution in [0, 0.1) is 19.8 Å². The van der Waals surface area contributed by atoms with Crippen LogP contribution >= 0.6 is 11.6 Å². The van der Waals surface area contributed by atoms with Crippen LogP contribution < -0.4 is 0 Å². The summed E-state index contributed by atoms with van der Waals surface area (Å²) >= 11 is 5.90. The number of alkyl halides is 1. The number of benzene rings is 1. The number of rotatable bonds is 2. The molecule has 0 spiro atoms. The highest BCUT2D eigenvalue weighted by Crippen LogP contribution is 2.54. The summed E-state index contributed by atoms with van der Waals surface area (Å²) in [6, 6.07) is 6.80. The van der Waals surface area contributed by atoms with Crippen molar-refractivity contribution in [3.63, 3.8) is 0 Å². The van der Waals surface area contributed by atoms with E-state index in [9.17, 15) is 0 Å². The maximum Gasteiger partial charge on any atom is 0.0260 e. The third kappa shape index (κ3) is 1.46. The van der Waals surface area contributed by atoms with Gasteiger partial charge in [-0.15, -0.1) is 11.6 Å². The van der Waals surface area contributed by atoms with Crippen LogP contribution in [0.2, 0.25) is 0 Å². The van der Waals surface area contributed by atoms with Gasteiger partial charge in [-0.1, -0.05) is 25.1 Å². The van der Waals surface area contributed by atoms with Crippen LogP contribution in [0.15, 0.2) is 18.2 Å². The second kappa shape index (κ2) is 3.27. The van der Waals surface area contributed by atoms with Crippen molar-refractivity contribution in [3.8, 4) is 0 Å². The first-order valence-electron chi connectivity index (χ1n) is 5.21. The minimum atomic E-state index is 0.361. The zero-order chi connectivity index (χ0) is 10.3. The molecule has 0 aromatic heterocycles. The summed E-state index contributed by atoms with van der Waals surface area (Å²) in [7, 11) is 0. The lowest BCUT2D eigenvalue weighted by Gasteiger charge is -2.12. The van der Waals surface area contributed by atoms with Crippen LogP contribution in [0.1, 0.15) is 30.0 Å². The Hall–Kier alpha value is -0.490. The highest BCUT2D eigenvalue weighted by Gasteiger charge is 2.50. The Kier molecular flexibility index (Phi) is 2.35. The molecule has 0 nitrogen and oxygen atoms in total. The van der Waals surface area contributed by atoms with E-state index in [1.54, 1.807) is 0 Å². The van der Waals surface area contributed by atoms with Crippen molar-refractivity contribution in [3.05, 3.63) is 34.9 Å². The third-order valence-corrected chi connectivity index (χ3v) is 4.14. The van der Waals surface area contributed by atoms with Gasteiger partial charge in [-0.05, 0) is 48.3 Å².